The number of hydrogen-bond acceptors (Lipinski definition) is 6. The maximum Gasteiger partial charge on any atom is 0.269 e. The minimum Gasteiger partial charge on any atom is -0.371 e. The van der Waals surface area contributed by atoms with Crippen molar-refractivity contribution >= 4 is 28.9 Å². The predicted molar refractivity (Wildman–Crippen MR) is 134 cm³/mol. The van der Waals surface area contributed by atoms with E-state index in [1.807, 2.05) is 6.07 Å². The van der Waals surface area contributed by atoms with Gasteiger partial charge in [-0.3, -0.25) is 19.7 Å². The summed E-state index contributed by atoms with van der Waals surface area (Å²) in [4.78, 5) is 40.6. The van der Waals surface area contributed by atoms with Crippen molar-refractivity contribution in [3.05, 3.63) is 63.7 Å². The van der Waals surface area contributed by atoms with Gasteiger partial charge in [-0.1, -0.05) is 13.8 Å². The van der Waals surface area contributed by atoms with Crippen molar-refractivity contribution in [2.24, 2.45) is 0 Å². The monoisotopic (exact) mass is 467 g/mol. The highest BCUT2D eigenvalue weighted by molar-refractivity contribution is 6.06. The second kappa shape index (κ2) is 12.1. The molecule has 0 aliphatic carbocycles. The highest BCUT2D eigenvalue weighted by Crippen LogP contribution is 2.27. The van der Waals surface area contributed by atoms with E-state index in [2.05, 4.69) is 34.3 Å². The smallest absolute Gasteiger partial charge is 0.269 e. The fourth-order valence-corrected chi connectivity index (χ4v) is 4.11. The fraction of sp³-hybridized carbons (Fsp3) is 0.440. The molecule has 3 rings (SSSR count). The molecule has 2 aromatic rings. The van der Waals surface area contributed by atoms with Crippen LogP contribution in [-0.4, -0.2) is 60.9 Å². The fourth-order valence-electron chi connectivity index (χ4n) is 4.11. The van der Waals surface area contributed by atoms with Gasteiger partial charge in [0.15, 0.2) is 0 Å². The van der Waals surface area contributed by atoms with Gasteiger partial charge in [0, 0.05) is 55.2 Å². The van der Waals surface area contributed by atoms with Gasteiger partial charge in [-0.05, 0) is 62.7 Å². The molecule has 182 valence electrons. The van der Waals surface area contributed by atoms with E-state index in [9.17, 15) is 19.7 Å². The van der Waals surface area contributed by atoms with Crippen molar-refractivity contribution in [3.8, 4) is 0 Å². The zero-order chi connectivity index (χ0) is 24.5. The molecule has 0 aromatic heterocycles. The average Bonchev–Trinajstić information content (AvgIpc) is 2.87. The van der Waals surface area contributed by atoms with E-state index in [1.54, 1.807) is 12.1 Å². The Morgan fingerprint density at radius 2 is 1.68 bits per heavy atom. The Labute approximate surface area is 200 Å². The zero-order valence-corrected chi connectivity index (χ0v) is 19.9. The number of nitrogens with zero attached hydrogens (tertiary/aromatic N) is 3. The molecular formula is C25H33N5O4. The molecule has 1 aliphatic rings. The van der Waals surface area contributed by atoms with Gasteiger partial charge in [0.2, 0.25) is 0 Å². The molecule has 2 N–H and O–H groups in total. The molecule has 0 atom stereocenters. The zero-order valence-electron chi connectivity index (χ0n) is 19.9. The summed E-state index contributed by atoms with van der Waals surface area (Å²) in [7, 11) is 0. The molecule has 9 nitrogen and oxygen atoms in total. The Morgan fingerprint density at radius 1 is 1.00 bits per heavy atom. The summed E-state index contributed by atoms with van der Waals surface area (Å²) in [5, 5.41) is 16.7. The molecule has 2 amide bonds. The van der Waals surface area contributed by atoms with Crippen molar-refractivity contribution in [2.75, 3.05) is 49.5 Å². The molecule has 0 saturated carbocycles. The van der Waals surface area contributed by atoms with Gasteiger partial charge in [-0.25, -0.2) is 0 Å². The standard InChI is InChI=1S/C25H33N5O4/c1-3-28(4-2)17-14-26-25(32)22-18-20(10-13-23(22)29-15-6-5-7-16-29)27-24(31)19-8-11-21(12-9-19)30(33)34/h8-13,18H,3-7,14-17H2,1-2H3,(H,26,32)(H,27,31). The summed E-state index contributed by atoms with van der Waals surface area (Å²) >= 11 is 0. The largest absolute Gasteiger partial charge is 0.371 e. The number of likely N-dealkylation sites (N-methyl/N-ethyl adjacent to an activating group) is 1. The number of anilines is 2. The second-order valence-electron chi connectivity index (χ2n) is 8.32. The van der Waals surface area contributed by atoms with Gasteiger partial charge < -0.3 is 20.4 Å². The molecule has 2 aromatic carbocycles. The van der Waals surface area contributed by atoms with Gasteiger partial charge in [0.1, 0.15) is 0 Å². The molecular weight excluding hydrogens is 434 g/mol. The molecule has 1 fully saturated rings. The van der Waals surface area contributed by atoms with Crippen LogP contribution in [-0.2, 0) is 0 Å². The van der Waals surface area contributed by atoms with E-state index in [1.165, 1.54) is 30.7 Å². The molecule has 0 spiro atoms. The van der Waals surface area contributed by atoms with E-state index >= 15 is 0 Å². The number of hydrogen-bond donors (Lipinski definition) is 2. The first-order valence-electron chi connectivity index (χ1n) is 11.9. The minimum absolute atomic E-state index is 0.0777. The highest BCUT2D eigenvalue weighted by Gasteiger charge is 2.20. The normalized spacial score (nSPS) is 13.6. The van der Waals surface area contributed by atoms with Crippen LogP contribution < -0.4 is 15.5 Å². The lowest BCUT2D eigenvalue weighted by Gasteiger charge is -2.30. The van der Waals surface area contributed by atoms with E-state index < -0.39 is 10.8 Å². The molecule has 1 aliphatic heterocycles. The van der Waals surface area contributed by atoms with Crippen LogP contribution in [0, 0.1) is 10.1 Å². The number of nitrogens with one attached hydrogen (secondary N) is 2. The van der Waals surface area contributed by atoms with E-state index in [4.69, 9.17) is 0 Å². The first-order chi connectivity index (χ1) is 16.4. The number of nitro benzene ring substituents is 1. The summed E-state index contributed by atoms with van der Waals surface area (Å²) in [6, 6.07) is 10.8. The van der Waals surface area contributed by atoms with Crippen molar-refractivity contribution in [1.82, 2.24) is 10.2 Å². The van der Waals surface area contributed by atoms with Crippen molar-refractivity contribution in [1.29, 1.82) is 0 Å². The van der Waals surface area contributed by atoms with Crippen LogP contribution in [0.5, 0.6) is 0 Å². The lowest BCUT2D eigenvalue weighted by molar-refractivity contribution is -0.384. The summed E-state index contributed by atoms with van der Waals surface area (Å²) < 4.78 is 0. The Kier molecular flexibility index (Phi) is 8.98. The van der Waals surface area contributed by atoms with E-state index in [0.717, 1.165) is 51.3 Å². The van der Waals surface area contributed by atoms with Crippen LogP contribution in [0.25, 0.3) is 0 Å². The third-order valence-electron chi connectivity index (χ3n) is 6.14. The third-order valence-corrected chi connectivity index (χ3v) is 6.14. The molecule has 0 radical (unpaired) electrons. The lowest BCUT2D eigenvalue weighted by atomic mass is 10.1. The van der Waals surface area contributed by atoms with Crippen molar-refractivity contribution in [2.45, 2.75) is 33.1 Å². The number of piperidine rings is 1. The van der Waals surface area contributed by atoms with Crippen LogP contribution in [0.4, 0.5) is 17.1 Å². The molecule has 9 heteroatoms. The van der Waals surface area contributed by atoms with Crippen LogP contribution >= 0.6 is 0 Å². The van der Waals surface area contributed by atoms with Crippen LogP contribution in [0.3, 0.4) is 0 Å². The molecule has 34 heavy (non-hydrogen) atoms. The van der Waals surface area contributed by atoms with Gasteiger partial charge in [0.25, 0.3) is 17.5 Å². The molecule has 1 heterocycles. The SMILES string of the molecule is CCN(CC)CCNC(=O)c1cc(NC(=O)c2ccc([N+](=O)[O-])cc2)ccc1N1CCCCC1. The maximum atomic E-state index is 13.1. The second-order valence-corrected chi connectivity index (χ2v) is 8.32. The predicted octanol–water partition coefficient (Wildman–Crippen LogP) is 3.91. The highest BCUT2D eigenvalue weighted by atomic mass is 16.6. The number of rotatable bonds is 10. The van der Waals surface area contributed by atoms with Crippen molar-refractivity contribution < 1.29 is 14.5 Å². The minimum atomic E-state index is -0.508. The van der Waals surface area contributed by atoms with Gasteiger partial charge in [-0.15, -0.1) is 0 Å². The Balaban J connectivity index is 1.78. The molecule has 1 saturated heterocycles. The van der Waals surface area contributed by atoms with E-state index in [0.29, 0.717) is 23.4 Å². The molecule has 0 unspecified atom stereocenters. The van der Waals surface area contributed by atoms with Crippen LogP contribution in [0.2, 0.25) is 0 Å². The molecule has 0 bridgehead atoms. The summed E-state index contributed by atoms with van der Waals surface area (Å²) in [6.45, 7) is 9.15. The Morgan fingerprint density at radius 3 is 2.29 bits per heavy atom. The number of carbonyl (C=O) groups is 2. The summed E-state index contributed by atoms with van der Waals surface area (Å²) in [6.07, 6.45) is 3.36. The van der Waals surface area contributed by atoms with Crippen LogP contribution in [0.1, 0.15) is 53.8 Å². The van der Waals surface area contributed by atoms with E-state index in [-0.39, 0.29) is 11.6 Å². The van der Waals surface area contributed by atoms with Gasteiger partial charge >= 0.3 is 0 Å². The first kappa shape index (κ1) is 25.2. The van der Waals surface area contributed by atoms with Gasteiger partial charge in [-0.2, -0.15) is 0 Å². The van der Waals surface area contributed by atoms with Gasteiger partial charge in [0.05, 0.1) is 10.5 Å². The number of benzene rings is 2. The average molecular weight is 468 g/mol. The number of non-ortho nitro benzene ring substituents is 1. The topological polar surface area (TPSA) is 108 Å². The van der Waals surface area contributed by atoms with Crippen molar-refractivity contribution in [3.63, 3.8) is 0 Å². The Hall–Kier alpha value is -3.46. The maximum absolute atomic E-state index is 13.1. The summed E-state index contributed by atoms with van der Waals surface area (Å²) in [5.41, 5.74) is 2.12. The third kappa shape index (κ3) is 6.54. The Bertz CT molecular complexity index is 999. The number of carbonyl (C=O) groups excluding carboxylic acids is 2. The lowest BCUT2D eigenvalue weighted by Crippen LogP contribution is -2.36. The number of nitro groups is 1. The number of amides is 2. The summed E-state index contributed by atoms with van der Waals surface area (Å²) in [5.74, 6) is -0.562. The van der Waals surface area contributed by atoms with Crippen LogP contribution in [0.15, 0.2) is 42.5 Å². The first-order valence-corrected chi connectivity index (χ1v) is 11.9. The quantitative estimate of drug-likeness (QED) is 0.405.